The molecule has 1 aromatic rings. The number of methoxy groups -OCH3 is 1. The Balaban J connectivity index is 2.94. The van der Waals surface area contributed by atoms with Crippen LogP contribution in [0.2, 0.25) is 0 Å². The fourth-order valence-electron chi connectivity index (χ4n) is 0.963. The Morgan fingerprint density at radius 3 is 2.85 bits per heavy atom. The predicted octanol–water partition coefficient (Wildman–Crippen LogP) is 1.62. The third-order valence-electron chi connectivity index (χ3n) is 1.64. The van der Waals surface area contributed by atoms with Gasteiger partial charge in [0, 0.05) is 0 Å². The van der Waals surface area contributed by atoms with Gasteiger partial charge in [-0.05, 0) is 17.7 Å². The largest absolute Gasteiger partial charge is 0.497 e. The van der Waals surface area contributed by atoms with Crippen LogP contribution in [0.3, 0.4) is 0 Å². The van der Waals surface area contributed by atoms with Crippen LogP contribution in [-0.2, 0) is 4.79 Å². The number of carbonyl (C=O) groups excluding carboxylic acids is 1. The molecule has 4 heteroatoms. The minimum absolute atomic E-state index is 0.409. The Kier molecular flexibility index (Phi) is 3.31. The highest BCUT2D eigenvalue weighted by atomic mass is 79.9. The first-order chi connectivity index (χ1) is 6.15. The Hall–Kier alpha value is -1.03. The average Bonchev–Trinajstić information content (AvgIpc) is 2.16. The van der Waals surface area contributed by atoms with Crippen LogP contribution in [0.15, 0.2) is 24.3 Å². The van der Waals surface area contributed by atoms with Gasteiger partial charge in [-0.15, -0.1) is 0 Å². The third kappa shape index (κ3) is 2.45. The van der Waals surface area contributed by atoms with E-state index < -0.39 is 10.7 Å². The molecule has 1 amide bonds. The minimum Gasteiger partial charge on any atom is -0.497 e. The Morgan fingerprint density at radius 1 is 1.62 bits per heavy atom. The Bertz CT molecular complexity index is 314. The van der Waals surface area contributed by atoms with Gasteiger partial charge in [0.05, 0.1) is 7.11 Å². The molecular weight excluding hydrogens is 234 g/mol. The molecule has 1 atom stereocenters. The predicted molar refractivity (Wildman–Crippen MR) is 53.9 cm³/mol. The monoisotopic (exact) mass is 243 g/mol. The molecular formula is C9H10BrNO2. The summed E-state index contributed by atoms with van der Waals surface area (Å²) in [6, 6.07) is 7.20. The number of hydrogen-bond acceptors (Lipinski definition) is 2. The van der Waals surface area contributed by atoms with E-state index in [4.69, 9.17) is 10.5 Å². The van der Waals surface area contributed by atoms with E-state index in [2.05, 4.69) is 15.9 Å². The van der Waals surface area contributed by atoms with E-state index in [0.717, 1.165) is 5.56 Å². The lowest BCUT2D eigenvalue weighted by molar-refractivity contribution is -0.117. The summed E-state index contributed by atoms with van der Waals surface area (Å²) in [5, 5.41) is 0. The fraction of sp³-hybridized carbons (Fsp3) is 0.222. The van der Waals surface area contributed by atoms with Crippen LogP contribution in [0.25, 0.3) is 0 Å². The van der Waals surface area contributed by atoms with E-state index in [0.29, 0.717) is 5.75 Å². The number of rotatable bonds is 3. The lowest BCUT2D eigenvalue weighted by atomic mass is 10.1. The molecule has 70 valence electrons. The number of amides is 1. The van der Waals surface area contributed by atoms with Crippen LogP contribution < -0.4 is 10.5 Å². The summed E-state index contributed by atoms with van der Waals surface area (Å²) in [5.41, 5.74) is 5.93. The van der Waals surface area contributed by atoms with Crippen LogP contribution in [0.4, 0.5) is 0 Å². The quantitative estimate of drug-likeness (QED) is 0.821. The number of alkyl halides is 1. The molecule has 1 aromatic carbocycles. The second-order valence-electron chi connectivity index (χ2n) is 2.54. The summed E-state index contributed by atoms with van der Waals surface area (Å²) >= 11 is 3.18. The molecule has 0 aliphatic rings. The molecule has 1 rings (SSSR count). The number of nitrogens with two attached hydrogens (primary N) is 1. The van der Waals surface area contributed by atoms with E-state index in [1.807, 2.05) is 18.2 Å². The van der Waals surface area contributed by atoms with Crippen LogP contribution in [0.1, 0.15) is 10.4 Å². The van der Waals surface area contributed by atoms with Crippen molar-refractivity contribution in [3.8, 4) is 5.75 Å². The number of primary amides is 1. The van der Waals surface area contributed by atoms with Crippen LogP contribution in [-0.4, -0.2) is 13.0 Å². The van der Waals surface area contributed by atoms with Gasteiger partial charge in [-0.25, -0.2) is 0 Å². The summed E-state index contributed by atoms with van der Waals surface area (Å²) in [6.45, 7) is 0. The summed E-state index contributed by atoms with van der Waals surface area (Å²) < 4.78 is 5.01. The maximum absolute atomic E-state index is 10.8. The van der Waals surface area contributed by atoms with E-state index >= 15 is 0 Å². The molecule has 0 spiro atoms. The van der Waals surface area contributed by atoms with Gasteiger partial charge in [0.15, 0.2) is 0 Å². The first-order valence-corrected chi connectivity index (χ1v) is 4.64. The smallest absolute Gasteiger partial charge is 0.235 e. The van der Waals surface area contributed by atoms with E-state index in [1.54, 1.807) is 13.2 Å². The molecule has 0 heterocycles. The normalized spacial score (nSPS) is 12.2. The number of benzene rings is 1. The second kappa shape index (κ2) is 4.28. The number of carbonyl (C=O) groups is 1. The van der Waals surface area contributed by atoms with Gasteiger partial charge in [0.2, 0.25) is 5.91 Å². The second-order valence-corrected chi connectivity index (χ2v) is 3.46. The minimum atomic E-state index is -0.456. The molecule has 13 heavy (non-hydrogen) atoms. The van der Waals surface area contributed by atoms with Crippen LogP contribution in [0, 0.1) is 0 Å². The Morgan fingerprint density at radius 2 is 2.31 bits per heavy atom. The van der Waals surface area contributed by atoms with Crippen LogP contribution in [0.5, 0.6) is 5.75 Å². The molecule has 0 aliphatic carbocycles. The van der Waals surface area contributed by atoms with E-state index in [-0.39, 0.29) is 0 Å². The van der Waals surface area contributed by atoms with Crippen LogP contribution >= 0.6 is 15.9 Å². The molecule has 0 aromatic heterocycles. The van der Waals surface area contributed by atoms with Gasteiger partial charge in [0.25, 0.3) is 0 Å². The first kappa shape index (κ1) is 10.1. The summed E-state index contributed by atoms with van der Waals surface area (Å²) in [4.78, 5) is 10.4. The number of halogens is 1. The van der Waals surface area contributed by atoms with Gasteiger partial charge >= 0.3 is 0 Å². The number of hydrogen-bond donors (Lipinski definition) is 1. The third-order valence-corrected chi connectivity index (χ3v) is 2.62. The van der Waals surface area contributed by atoms with Crippen molar-refractivity contribution in [2.45, 2.75) is 4.83 Å². The summed E-state index contributed by atoms with van der Waals surface area (Å²) in [6.07, 6.45) is 0. The molecule has 0 bridgehead atoms. The molecule has 0 radical (unpaired) electrons. The summed E-state index contributed by atoms with van der Waals surface area (Å²) in [7, 11) is 1.58. The lowest BCUT2D eigenvalue weighted by Crippen LogP contribution is -2.16. The van der Waals surface area contributed by atoms with Crippen molar-refractivity contribution < 1.29 is 9.53 Å². The average molecular weight is 244 g/mol. The molecule has 0 aliphatic heterocycles. The zero-order chi connectivity index (χ0) is 9.84. The molecule has 0 fully saturated rings. The van der Waals surface area contributed by atoms with Crippen molar-refractivity contribution in [3.63, 3.8) is 0 Å². The molecule has 0 saturated carbocycles. The molecule has 2 N–H and O–H groups in total. The van der Waals surface area contributed by atoms with Crippen molar-refractivity contribution >= 4 is 21.8 Å². The first-order valence-electron chi connectivity index (χ1n) is 3.72. The van der Waals surface area contributed by atoms with Crippen molar-refractivity contribution in [1.82, 2.24) is 0 Å². The molecule has 0 saturated heterocycles. The molecule has 3 nitrogen and oxygen atoms in total. The molecule has 1 unspecified atom stereocenters. The van der Waals surface area contributed by atoms with Gasteiger partial charge in [-0.3, -0.25) is 4.79 Å². The van der Waals surface area contributed by atoms with Gasteiger partial charge in [-0.1, -0.05) is 28.1 Å². The van der Waals surface area contributed by atoms with Crippen molar-refractivity contribution in [2.75, 3.05) is 7.11 Å². The van der Waals surface area contributed by atoms with E-state index in [9.17, 15) is 4.79 Å². The number of ether oxygens (including phenoxy) is 1. The van der Waals surface area contributed by atoms with Gasteiger partial charge in [0.1, 0.15) is 10.6 Å². The highest BCUT2D eigenvalue weighted by Gasteiger charge is 2.13. The van der Waals surface area contributed by atoms with E-state index in [1.165, 1.54) is 0 Å². The van der Waals surface area contributed by atoms with Crippen molar-refractivity contribution in [3.05, 3.63) is 29.8 Å². The van der Waals surface area contributed by atoms with Gasteiger partial charge in [-0.2, -0.15) is 0 Å². The highest BCUT2D eigenvalue weighted by molar-refractivity contribution is 9.09. The SMILES string of the molecule is COc1cccc(C(Br)C(N)=O)c1. The summed E-state index contributed by atoms with van der Waals surface area (Å²) in [5.74, 6) is 0.302. The van der Waals surface area contributed by atoms with Gasteiger partial charge < -0.3 is 10.5 Å². The topological polar surface area (TPSA) is 52.3 Å². The van der Waals surface area contributed by atoms with Crippen molar-refractivity contribution in [1.29, 1.82) is 0 Å². The maximum Gasteiger partial charge on any atom is 0.235 e. The fourth-order valence-corrected chi connectivity index (χ4v) is 1.25. The zero-order valence-electron chi connectivity index (χ0n) is 7.16. The highest BCUT2D eigenvalue weighted by Crippen LogP contribution is 2.25. The van der Waals surface area contributed by atoms with Crippen molar-refractivity contribution in [2.24, 2.45) is 5.73 Å². The maximum atomic E-state index is 10.8. The Labute approximate surface area is 85.0 Å². The lowest BCUT2D eigenvalue weighted by Gasteiger charge is -2.07. The zero-order valence-corrected chi connectivity index (χ0v) is 8.74. The standard InChI is InChI=1S/C9H10BrNO2/c1-13-7-4-2-3-6(5-7)8(10)9(11)12/h2-5,8H,1H3,(H2,11,12).